The summed E-state index contributed by atoms with van der Waals surface area (Å²) in [5.74, 6) is 1.78. The van der Waals surface area contributed by atoms with Crippen molar-refractivity contribution in [1.82, 2.24) is 10.2 Å². The van der Waals surface area contributed by atoms with Crippen molar-refractivity contribution in [3.8, 4) is 5.75 Å². The number of hydrogen-bond donors (Lipinski definition) is 1. The van der Waals surface area contributed by atoms with E-state index in [4.69, 9.17) is 20.8 Å². The molecule has 0 unspecified atom stereocenters. The molecule has 1 aliphatic rings. The summed E-state index contributed by atoms with van der Waals surface area (Å²) in [6.45, 7) is 2.57. The average molecular weight is 349 g/mol. The number of halogens is 1. The third kappa shape index (κ3) is 4.30. The Morgan fingerprint density at radius 3 is 2.83 bits per heavy atom. The normalized spacial score (nSPS) is 16.1. The van der Waals surface area contributed by atoms with E-state index >= 15 is 0 Å². The topological polar surface area (TPSA) is 54.7 Å². The van der Waals surface area contributed by atoms with Crippen LogP contribution in [0.15, 0.2) is 40.8 Å². The van der Waals surface area contributed by atoms with Gasteiger partial charge >= 0.3 is 0 Å². The van der Waals surface area contributed by atoms with E-state index in [-0.39, 0.29) is 12.0 Å². The fourth-order valence-electron chi connectivity index (χ4n) is 2.85. The Kier molecular flexibility index (Phi) is 5.43. The number of ether oxygens (including phenoxy) is 1. The standard InChI is InChI=1S/C18H21ClN2O3/c1-20-18(22)17-6-5-16(24-17)12-21-9-7-14(8-10-21)23-15-4-2-3-13(19)11-15/h2-6,11,14H,7-10,12H2,1H3,(H,20,22). The van der Waals surface area contributed by atoms with Crippen molar-refractivity contribution < 1.29 is 13.9 Å². The second-order valence-corrected chi connectivity index (χ2v) is 6.33. The molecule has 128 valence electrons. The number of piperidine rings is 1. The minimum absolute atomic E-state index is 0.199. The fourth-order valence-corrected chi connectivity index (χ4v) is 3.03. The van der Waals surface area contributed by atoms with E-state index < -0.39 is 0 Å². The summed E-state index contributed by atoms with van der Waals surface area (Å²) in [4.78, 5) is 13.8. The predicted molar refractivity (Wildman–Crippen MR) is 92.5 cm³/mol. The largest absolute Gasteiger partial charge is 0.490 e. The molecule has 1 N–H and O–H groups in total. The molecule has 0 bridgehead atoms. The first-order chi connectivity index (χ1) is 11.6. The number of likely N-dealkylation sites (tertiary alicyclic amines) is 1. The number of amides is 1. The Hall–Kier alpha value is -1.98. The zero-order valence-electron chi connectivity index (χ0n) is 13.6. The Morgan fingerprint density at radius 2 is 2.12 bits per heavy atom. The van der Waals surface area contributed by atoms with Crippen LogP contribution in [-0.4, -0.2) is 37.0 Å². The first-order valence-corrected chi connectivity index (χ1v) is 8.47. The summed E-state index contributed by atoms with van der Waals surface area (Å²) in [6, 6.07) is 11.1. The number of rotatable bonds is 5. The number of carbonyl (C=O) groups is 1. The number of carbonyl (C=O) groups excluding carboxylic acids is 1. The second kappa shape index (κ2) is 7.73. The van der Waals surface area contributed by atoms with Crippen LogP contribution in [0, 0.1) is 0 Å². The van der Waals surface area contributed by atoms with Crippen molar-refractivity contribution in [3.05, 3.63) is 52.9 Å². The van der Waals surface area contributed by atoms with E-state index in [1.807, 2.05) is 30.3 Å². The number of nitrogens with zero attached hydrogens (tertiary/aromatic N) is 1. The molecule has 0 saturated carbocycles. The van der Waals surface area contributed by atoms with Crippen LogP contribution in [0.4, 0.5) is 0 Å². The van der Waals surface area contributed by atoms with Gasteiger partial charge in [-0.05, 0) is 43.2 Å². The van der Waals surface area contributed by atoms with E-state index in [1.54, 1.807) is 13.1 Å². The molecule has 1 amide bonds. The predicted octanol–water partition coefficient (Wildman–Crippen LogP) is 3.34. The van der Waals surface area contributed by atoms with Gasteiger partial charge in [0.1, 0.15) is 17.6 Å². The van der Waals surface area contributed by atoms with Crippen molar-refractivity contribution in [1.29, 1.82) is 0 Å². The van der Waals surface area contributed by atoms with Crippen LogP contribution in [0.1, 0.15) is 29.2 Å². The summed E-state index contributed by atoms with van der Waals surface area (Å²) < 4.78 is 11.6. The molecule has 0 aliphatic carbocycles. The van der Waals surface area contributed by atoms with Crippen molar-refractivity contribution in [2.45, 2.75) is 25.5 Å². The number of benzene rings is 1. The van der Waals surface area contributed by atoms with Crippen LogP contribution >= 0.6 is 11.6 Å². The molecule has 0 atom stereocenters. The van der Waals surface area contributed by atoms with Gasteiger partial charge in [-0.25, -0.2) is 0 Å². The Balaban J connectivity index is 1.48. The number of hydrogen-bond acceptors (Lipinski definition) is 4. The monoisotopic (exact) mass is 348 g/mol. The molecule has 3 rings (SSSR count). The molecule has 0 radical (unpaired) electrons. The van der Waals surface area contributed by atoms with Gasteiger partial charge in [-0.3, -0.25) is 9.69 Å². The maximum atomic E-state index is 11.5. The minimum atomic E-state index is -0.199. The molecule has 1 aromatic heterocycles. The molecule has 6 heteroatoms. The molecular weight excluding hydrogens is 328 g/mol. The van der Waals surface area contributed by atoms with Gasteiger partial charge in [0, 0.05) is 25.2 Å². The highest BCUT2D eigenvalue weighted by Crippen LogP contribution is 2.23. The summed E-state index contributed by atoms with van der Waals surface area (Å²) in [7, 11) is 1.59. The summed E-state index contributed by atoms with van der Waals surface area (Å²) in [5.41, 5.74) is 0. The lowest BCUT2D eigenvalue weighted by atomic mass is 10.1. The molecule has 24 heavy (non-hydrogen) atoms. The van der Waals surface area contributed by atoms with E-state index in [1.165, 1.54) is 0 Å². The van der Waals surface area contributed by atoms with E-state index in [9.17, 15) is 4.79 Å². The third-order valence-electron chi connectivity index (χ3n) is 4.13. The maximum Gasteiger partial charge on any atom is 0.286 e. The molecule has 1 saturated heterocycles. The SMILES string of the molecule is CNC(=O)c1ccc(CN2CCC(Oc3cccc(Cl)c3)CC2)o1. The fraction of sp³-hybridized carbons (Fsp3) is 0.389. The van der Waals surface area contributed by atoms with E-state index in [0.29, 0.717) is 17.3 Å². The van der Waals surface area contributed by atoms with Crippen LogP contribution in [0.5, 0.6) is 5.75 Å². The molecule has 5 nitrogen and oxygen atoms in total. The molecule has 2 heterocycles. The van der Waals surface area contributed by atoms with Crippen LogP contribution in [0.25, 0.3) is 0 Å². The Bertz CT molecular complexity index is 693. The van der Waals surface area contributed by atoms with E-state index in [0.717, 1.165) is 37.4 Å². The quantitative estimate of drug-likeness (QED) is 0.900. The maximum absolute atomic E-state index is 11.5. The number of nitrogens with one attached hydrogen (secondary N) is 1. The van der Waals surface area contributed by atoms with Crippen molar-refractivity contribution in [3.63, 3.8) is 0 Å². The highest BCUT2D eigenvalue weighted by Gasteiger charge is 2.22. The zero-order valence-corrected chi connectivity index (χ0v) is 14.4. The Labute approximate surface area is 146 Å². The van der Waals surface area contributed by atoms with Gasteiger partial charge in [-0.15, -0.1) is 0 Å². The molecule has 1 fully saturated rings. The van der Waals surface area contributed by atoms with Crippen molar-refractivity contribution in [2.24, 2.45) is 0 Å². The lowest BCUT2D eigenvalue weighted by molar-refractivity contribution is 0.0894. The lowest BCUT2D eigenvalue weighted by Crippen LogP contribution is -2.37. The molecule has 1 aliphatic heterocycles. The van der Waals surface area contributed by atoms with Crippen molar-refractivity contribution in [2.75, 3.05) is 20.1 Å². The van der Waals surface area contributed by atoms with Gasteiger partial charge in [0.05, 0.1) is 6.54 Å². The second-order valence-electron chi connectivity index (χ2n) is 5.90. The Morgan fingerprint density at radius 1 is 1.33 bits per heavy atom. The highest BCUT2D eigenvalue weighted by molar-refractivity contribution is 6.30. The van der Waals surface area contributed by atoms with Crippen LogP contribution in [0.3, 0.4) is 0 Å². The van der Waals surface area contributed by atoms with Crippen LogP contribution < -0.4 is 10.1 Å². The molecule has 2 aromatic rings. The lowest BCUT2D eigenvalue weighted by Gasteiger charge is -2.31. The van der Waals surface area contributed by atoms with Gasteiger partial charge in [-0.1, -0.05) is 17.7 Å². The average Bonchev–Trinajstić information content (AvgIpc) is 3.04. The number of furan rings is 1. The van der Waals surface area contributed by atoms with Gasteiger partial charge < -0.3 is 14.5 Å². The van der Waals surface area contributed by atoms with Gasteiger partial charge in [0.2, 0.25) is 0 Å². The summed E-state index contributed by atoms with van der Waals surface area (Å²) >= 11 is 5.98. The minimum Gasteiger partial charge on any atom is -0.490 e. The van der Waals surface area contributed by atoms with Gasteiger partial charge in [0.25, 0.3) is 5.91 Å². The highest BCUT2D eigenvalue weighted by atomic mass is 35.5. The molecule has 0 spiro atoms. The first-order valence-electron chi connectivity index (χ1n) is 8.09. The van der Waals surface area contributed by atoms with E-state index in [2.05, 4.69) is 10.2 Å². The zero-order chi connectivity index (χ0) is 16.9. The van der Waals surface area contributed by atoms with Crippen LogP contribution in [-0.2, 0) is 6.54 Å². The first kappa shape index (κ1) is 16.9. The summed E-state index contributed by atoms with van der Waals surface area (Å²) in [5, 5.41) is 3.25. The van der Waals surface area contributed by atoms with Crippen molar-refractivity contribution >= 4 is 17.5 Å². The van der Waals surface area contributed by atoms with Gasteiger partial charge in [-0.2, -0.15) is 0 Å². The third-order valence-corrected chi connectivity index (χ3v) is 4.36. The smallest absolute Gasteiger partial charge is 0.286 e. The van der Waals surface area contributed by atoms with Crippen LogP contribution in [0.2, 0.25) is 5.02 Å². The molecule has 1 aromatic carbocycles. The summed E-state index contributed by atoms with van der Waals surface area (Å²) in [6.07, 6.45) is 2.11. The van der Waals surface area contributed by atoms with Gasteiger partial charge in [0.15, 0.2) is 5.76 Å². The molecular formula is C18H21ClN2O3.